The van der Waals surface area contributed by atoms with E-state index in [1.807, 2.05) is 28.8 Å². The first-order valence-corrected chi connectivity index (χ1v) is 13.1. The van der Waals surface area contributed by atoms with E-state index in [-0.39, 0.29) is 29.0 Å². The molecule has 40 heavy (non-hydrogen) atoms. The third kappa shape index (κ3) is 4.92. The van der Waals surface area contributed by atoms with E-state index < -0.39 is 18.4 Å². The summed E-state index contributed by atoms with van der Waals surface area (Å²) in [6.07, 6.45) is 4.59. The fourth-order valence-corrected chi connectivity index (χ4v) is 6.30. The molecular weight excluding hydrogens is 521 g/mol. The minimum atomic E-state index is -2.90. The first-order valence-electron chi connectivity index (χ1n) is 13.1. The van der Waals surface area contributed by atoms with Crippen molar-refractivity contribution in [1.82, 2.24) is 9.88 Å². The number of hydrogen-bond donors (Lipinski definition) is 2. The predicted molar refractivity (Wildman–Crippen MR) is 143 cm³/mol. The first kappa shape index (κ1) is 26.0. The topological polar surface area (TPSA) is 80.6 Å². The number of amides is 1. The van der Waals surface area contributed by atoms with E-state index in [0.29, 0.717) is 35.9 Å². The standard InChI is InChI=1S/C31H27F3N2O4/c32-26-9-8-25(28(37)35-22-15-31(16-22)13-21(14-31)29(38)39)27-24(26)10-11-36(27)17-18-4-6-19(7-5-18)20-2-1-3-23(12-20)40-30(33)34/h1-12,21-22,30H,13-17H2,(H,35,37)(H,38,39). The Labute approximate surface area is 228 Å². The number of hydrogen-bond acceptors (Lipinski definition) is 3. The number of halogens is 3. The molecule has 1 spiro atoms. The van der Waals surface area contributed by atoms with Gasteiger partial charge in [0, 0.05) is 24.2 Å². The van der Waals surface area contributed by atoms with Crippen molar-refractivity contribution in [3.8, 4) is 16.9 Å². The summed E-state index contributed by atoms with van der Waals surface area (Å²) in [5, 5.41) is 12.6. The van der Waals surface area contributed by atoms with Crippen LogP contribution in [0.25, 0.3) is 22.0 Å². The fraction of sp³-hybridized carbons (Fsp3) is 0.290. The predicted octanol–water partition coefficient (Wildman–Crippen LogP) is 6.47. The summed E-state index contributed by atoms with van der Waals surface area (Å²) in [5.41, 5.74) is 3.38. The number of nitrogens with zero attached hydrogens (tertiary/aromatic N) is 1. The molecule has 0 aliphatic heterocycles. The second-order valence-electron chi connectivity index (χ2n) is 10.9. The number of rotatable bonds is 8. The second-order valence-corrected chi connectivity index (χ2v) is 10.9. The Balaban J connectivity index is 1.18. The molecule has 1 amide bonds. The molecule has 2 saturated carbocycles. The van der Waals surface area contributed by atoms with Crippen molar-refractivity contribution in [1.29, 1.82) is 0 Å². The highest BCUT2D eigenvalue weighted by molar-refractivity contribution is 6.06. The number of nitrogens with one attached hydrogen (secondary N) is 1. The minimum absolute atomic E-state index is 0.0251. The van der Waals surface area contributed by atoms with Gasteiger partial charge in [-0.3, -0.25) is 9.59 Å². The van der Waals surface area contributed by atoms with Crippen LogP contribution in [0.1, 0.15) is 41.6 Å². The van der Waals surface area contributed by atoms with E-state index >= 15 is 0 Å². The maximum atomic E-state index is 14.7. The van der Waals surface area contributed by atoms with Crippen LogP contribution in [0.5, 0.6) is 5.75 Å². The molecule has 0 saturated heterocycles. The number of carboxylic acids is 1. The number of carboxylic acid groups (broad SMARTS) is 1. The maximum absolute atomic E-state index is 14.7. The van der Waals surface area contributed by atoms with Gasteiger partial charge in [-0.1, -0.05) is 36.4 Å². The van der Waals surface area contributed by atoms with E-state index in [1.54, 1.807) is 30.5 Å². The van der Waals surface area contributed by atoms with E-state index in [0.717, 1.165) is 29.5 Å². The van der Waals surface area contributed by atoms with Gasteiger partial charge < -0.3 is 19.7 Å². The van der Waals surface area contributed by atoms with Crippen LogP contribution in [-0.2, 0) is 11.3 Å². The zero-order valence-corrected chi connectivity index (χ0v) is 21.4. The van der Waals surface area contributed by atoms with Gasteiger partial charge in [0.2, 0.25) is 0 Å². The van der Waals surface area contributed by atoms with Crippen LogP contribution in [0.15, 0.2) is 72.9 Å². The van der Waals surface area contributed by atoms with Gasteiger partial charge in [-0.05, 0) is 78.1 Å². The number of ether oxygens (including phenoxy) is 1. The average molecular weight is 549 g/mol. The molecule has 2 fully saturated rings. The lowest BCUT2D eigenvalue weighted by Gasteiger charge is -2.56. The molecule has 0 radical (unpaired) electrons. The summed E-state index contributed by atoms with van der Waals surface area (Å²) in [5.74, 6) is -1.65. The van der Waals surface area contributed by atoms with Crippen molar-refractivity contribution in [2.75, 3.05) is 0 Å². The summed E-state index contributed by atoms with van der Waals surface area (Å²) in [7, 11) is 0. The van der Waals surface area contributed by atoms with Crippen LogP contribution in [0.4, 0.5) is 13.2 Å². The minimum Gasteiger partial charge on any atom is -0.481 e. The van der Waals surface area contributed by atoms with Gasteiger partial charge in [-0.15, -0.1) is 0 Å². The van der Waals surface area contributed by atoms with Gasteiger partial charge in [0.15, 0.2) is 0 Å². The molecule has 1 aromatic heterocycles. The van der Waals surface area contributed by atoms with Crippen molar-refractivity contribution < 1.29 is 32.6 Å². The van der Waals surface area contributed by atoms with Crippen LogP contribution >= 0.6 is 0 Å². The van der Waals surface area contributed by atoms with Crippen molar-refractivity contribution in [2.24, 2.45) is 11.3 Å². The van der Waals surface area contributed by atoms with E-state index in [9.17, 15) is 22.8 Å². The molecule has 4 aromatic rings. The Bertz CT molecular complexity index is 1580. The zero-order valence-electron chi connectivity index (χ0n) is 21.4. The largest absolute Gasteiger partial charge is 0.481 e. The highest BCUT2D eigenvalue weighted by Gasteiger charge is 2.55. The molecule has 2 N–H and O–H groups in total. The Morgan fingerprint density at radius 2 is 1.75 bits per heavy atom. The highest BCUT2D eigenvalue weighted by Crippen LogP contribution is 2.58. The molecule has 3 aromatic carbocycles. The van der Waals surface area contributed by atoms with Gasteiger partial charge in [0.25, 0.3) is 5.91 Å². The third-order valence-electron chi connectivity index (χ3n) is 8.22. The Hall–Kier alpha value is -4.27. The van der Waals surface area contributed by atoms with Gasteiger partial charge in [0.05, 0.1) is 17.0 Å². The SMILES string of the molecule is O=C(NC1CC2(C1)CC(C(=O)O)C2)c1ccc(F)c2ccn(Cc3ccc(-c4cccc(OC(F)F)c4)cc3)c12. The molecule has 6 rings (SSSR count). The number of fused-ring (bicyclic) bond motifs is 1. The summed E-state index contributed by atoms with van der Waals surface area (Å²) < 4.78 is 46.2. The maximum Gasteiger partial charge on any atom is 0.387 e. The Kier molecular flexibility index (Phi) is 6.52. The number of carbonyl (C=O) groups is 2. The van der Waals surface area contributed by atoms with Crippen molar-refractivity contribution in [3.63, 3.8) is 0 Å². The number of benzene rings is 3. The number of carbonyl (C=O) groups excluding carboxylic acids is 1. The van der Waals surface area contributed by atoms with Crippen LogP contribution in [0, 0.1) is 17.2 Å². The normalized spacial score (nSPS) is 21.7. The third-order valence-corrected chi connectivity index (χ3v) is 8.22. The number of aromatic nitrogens is 1. The molecule has 0 atom stereocenters. The fourth-order valence-electron chi connectivity index (χ4n) is 6.30. The van der Waals surface area contributed by atoms with Crippen LogP contribution in [0.3, 0.4) is 0 Å². The average Bonchev–Trinajstić information content (AvgIpc) is 3.29. The molecule has 206 valence electrons. The monoisotopic (exact) mass is 548 g/mol. The van der Waals surface area contributed by atoms with E-state index in [4.69, 9.17) is 5.11 Å². The molecule has 2 aliphatic carbocycles. The van der Waals surface area contributed by atoms with Crippen LogP contribution in [-0.4, -0.2) is 34.2 Å². The Morgan fingerprint density at radius 1 is 1.00 bits per heavy atom. The van der Waals surface area contributed by atoms with Gasteiger partial charge in [0.1, 0.15) is 11.6 Å². The van der Waals surface area contributed by atoms with Gasteiger partial charge in [-0.2, -0.15) is 8.78 Å². The lowest BCUT2D eigenvalue weighted by molar-refractivity contribution is -0.155. The van der Waals surface area contributed by atoms with Gasteiger partial charge >= 0.3 is 12.6 Å². The quantitative estimate of drug-likeness (QED) is 0.265. The van der Waals surface area contributed by atoms with Crippen molar-refractivity contribution in [2.45, 2.75) is 44.9 Å². The Morgan fingerprint density at radius 3 is 2.45 bits per heavy atom. The number of aliphatic carboxylic acids is 1. The van der Waals surface area contributed by atoms with Crippen molar-refractivity contribution >= 4 is 22.8 Å². The van der Waals surface area contributed by atoms with Crippen LogP contribution in [0.2, 0.25) is 0 Å². The van der Waals surface area contributed by atoms with E-state index in [1.165, 1.54) is 18.2 Å². The lowest BCUT2D eigenvalue weighted by atomic mass is 9.50. The molecular formula is C31H27F3N2O4. The summed E-state index contributed by atoms with van der Waals surface area (Å²) >= 11 is 0. The second kappa shape index (κ2) is 10.0. The first-order chi connectivity index (χ1) is 19.2. The molecule has 1 heterocycles. The number of alkyl halides is 2. The smallest absolute Gasteiger partial charge is 0.387 e. The summed E-state index contributed by atoms with van der Waals surface area (Å²) in [6.45, 7) is -2.50. The molecule has 6 nitrogen and oxygen atoms in total. The van der Waals surface area contributed by atoms with Crippen LogP contribution < -0.4 is 10.1 Å². The molecule has 0 bridgehead atoms. The van der Waals surface area contributed by atoms with E-state index in [2.05, 4.69) is 10.1 Å². The molecule has 2 aliphatic rings. The summed E-state index contributed by atoms with van der Waals surface area (Å²) in [6, 6.07) is 18.5. The van der Waals surface area contributed by atoms with Crippen molar-refractivity contribution in [3.05, 3.63) is 89.9 Å². The lowest BCUT2D eigenvalue weighted by Crippen LogP contribution is -2.57. The zero-order chi connectivity index (χ0) is 28.0. The molecule has 9 heteroatoms. The molecule has 0 unspecified atom stereocenters. The van der Waals surface area contributed by atoms with Gasteiger partial charge in [-0.25, -0.2) is 4.39 Å². The highest BCUT2D eigenvalue weighted by atomic mass is 19.3. The summed E-state index contributed by atoms with van der Waals surface area (Å²) in [4.78, 5) is 24.4.